The van der Waals surface area contributed by atoms with Gasteiger partial charge in [0, 0.05) is 42.0 Å². The summed E-state index contributed by atoms with van der Waals surface area (Å²) in [5.74, 6) is -1.38. The van der Waals surface area contributed by atoms with Gasteiger partial charge in [-0.3, -0.25) is 4.98 Å². The van der Waals surface area contributed by atoms with Gasteiger partial charge < -0.3 is 9.90 Å². The van der Waals surface area contributed by atoms with Gasteiger partial charge in [-0.05, 0) is 49.2 Å². The van der Waals surface area contributed by atoms with Crippen LogP contribution in [0.15, 0.2) is 53.7 Å². The molecule has 3 heterocycles. The fourth-order valence-corrected chi connectivity index (χ4v) is 5.17. The predicted molar refractivity (Wildman–Crippen MR) is 107 cm³/mol. The number of rotatable bonds is 4. The van der Waals surface area contributed by atoms with E-state index >= 15 is 0 Å². The van der Waals surface area contributed by atoms with Crippen LogP contribution in [0.1, 0.15) is 36.0 Å². The molecule has 0 spiro atoms. The van der Waals surface area contributed by atoms with Gasteiger partial charge in [-0.1, -0.05) is 12.8 Å². The summed E-state index contributed by atoms with van der Waals surface area (Å²) in [4.78, 5) is 20.4. The lowest BCUT2D eigenvalue weighted by atomic mass is 10.1. The monoisotopic (exact) mass is 410 g/mol. The van der Waals surface area contributed by atoms with Crippen LogP contribution in [0.2, 0.25) is 0 Å². The maximum absolute atomic E-state index is 13.1. The average Bonchev–Trinajstić information content (AvgIpc) is 3.03. The van der Waals surface area contributed by atoms with E-state index < -0.39 is 16.0 Å². The first-order chi connectivity index (χ1) is 14.0. The van der Waals surface area contributed by atoms with E-state index in [4.69, 9.17) is 0 Å². The summed E-state index contributed by atoms with van der Waals surface area (Å²) in [5.41, 5.74) is 1.40. The molecular formula is C21H20N3O4S-. The number of benzene rings is 1. The summed E-state index contributed by atoms with van der Waals surface area (Å²) in [6, 6.07) is 9.33. The minimum absolute atomic E-state index is 0.0744. The Kier molecular flexibility index (Phi) is 5.29. The standard InChI is InChI=1S/C21H21N3O4S/c25-21(26)18-13-20(15-6-5-9-22-14-15)23-19-8-7-16(12-17(18)19)29(27,28)24-10-3-1-2-4-11-24/h5-9,12-14H,1-4,10-11H2,(H,25,26)/p-1. The molecule has 4 rings (SSSR count). The van der Waals surface area contributed by atoms with E-state index in [2.05, 4.69) is 9.97 Å². The van der Waals surface area contributed by atoms with Crippen LogP contribution in [0.4, 0.5) is 0 Å². The molecule has 1 aliphatic heterocycles. The summed E-state index contributed by atoms with van der Waals surface area (Å²) in [5, 5.41) is 12.0. The van der Waals surface area contributed by atoms with Crippen molar-refractivity contribution in [1.29, 1.82) is 0 Å². The van der Waals surface area contributed by atoms with E-state index in [0.717, 1.165) is 25.7 Å². The van der Waals surface area contributed by atoms with Crippen LogP contribution in [0, 0.1) is 0 Å². The first-order valence-electron chi connectivity index (χ1n) is 9.53. The van der Waals surface area contributed by atoms with Crippen molar-refractivity contribution in [3.8, 4) is 11.3 Å². The Labute approximate surface area is 169 Å². The van der Waals surface area contributed by atoms with Crippen LogP contribution in [-0.4, -0.2) is 41.7 Å². The van der Waals surface area contributed by atoms with Gasteiger partial charge in [0.05, 0.1) is 22.1 Å². The van der Waals surface area contributed by atoms with Crippen molar-refractivity contribution in [2.45, 2.75) is 30.6 Å². The smallest absolute Gasteiger partial charge is 0.243 e. The van der Waals surface area contributed by atoms with Crippen LogP contribution >= 0.6 is 0 Å². The third kappa shape index (κ3) is 3.86. The molecule has 1 aliphatic rings. The molecule has 0 N–H and O–H groups in total. The van der Waals surface area contributed by atoms with Crippen molar-refractivity contribution in [3.05, 3.63) is 54.4 Å². The third-order valence-corrected chi connectivity index (χ3v) is 7.05. The number of hydrogen-bond donors (Lipinski definition) is 0. The van der Waals surface area contributed by atoms with E-state index in [-0.39, 0.29) is 15.8 Å². The molecule has 7 nitrogen and oxygen atoms in total. The lowest BCUT2D eigenvalue weighted by Crippen LogP contribution is -2.32. The normalized spacial score (nSPS) is 15.9. The highest BCUT2D eigenvalue weighted by molar-refractivity contribution is 7.89. The number of carboxylic acids is 1. The summed E-state index contributed by atoms with van der Waals surface area (Å²) in [6.45, 7) is 0.956. The Morgan fingerprint density at radius 3 is 2.45 bits per heavy atom. The molecule has 0 saturated carbocycles. The lowest BCUT2D eigenvalue weighted by Gasteiger charge is -2.20. The van der Waals surface area contributed by atoms with E-state index in [1.54, 1.807) is 30.6 Å². The van der Waals surface area contributed by atoms with Gasteiger partial charge >= 0.3 is 0 Å². The fraction of sp³-hybridized carbons (Fsp3) is 0.286. The zero-order valence-corrected chi connectivity index (χ0v) is 16.6. The second-order valence-corrected chi connectivity index (χ2v) is 9.02. The fourth-order valence-electron chi connectivity index (χ4n) is 3.63. The molecule has 0 aliphatic carbocycles. The van der Waals surface area contributed by atoms with E-state index in [9.17, 15) is 18.3 Å². The Morgan fingerprint density at radius 2 is 1.79 bits per heavy atom. The van der Waals surface area contributed by atoms with Crippen molar-refractivity contribution < 1.29 is 18.3 Å². The molecule has 3 aromatic rings. The maximum Gasteiger partial charge on any atom is 0.243 e. The van der Waals surface area contributed by atoms with Gasteiger partial charge in [0.2, 0.25) is 10.0 Å². The number of aromatic carboxylic acids is 1. The van der Waals surface area contributed by atoms with E-state index in [1.807, 2.05) is 0 Å². The van der Waals surface area contributed by atoms with Gasteiger partial charge in [-0.25, -0.2) is 13.4 Å². The largest absolute Gasteiger partial charge is 0.545 e. The van der Waals surface area contributed by atoms with Crippen LogP contribution in [0.5, 0.6) is 0 Å². The first-order valence-corrected chi connectivity index (χ1v) is 11.0. The highest BCUT2D eigenvalue weighted by Crippen LogP contribution is 2.28. The molecule has 0 bridgehead atoms. The number of pyridine rings is 2. The van der Waals surface area contributed by atoms with Crippen LogP contribution in [0.25, 0.3) is 22.2 Å². The Balaban J connectivity index is 1.83. The van der Waals surface area contributed by atoms with Crippen LogP contribution in [0.3, 0.4) is 0 Å². The molecular weight excluding hydrogens is 390 g/mol. The molecule has 1 saturated heterocycles. The van der Waals surface area contributed by atoms with Crippen molar-refractivity contribution in [2.24, 2.45) is 0 Å². The molecule has 29 heavy (non-hydrogen) atoms. The number of carbonyl (C=O) groups is 1. The zero-order valence-electron chi connectivity index (χ0n) is 15.7. The molecule has 0 unspecified atom stereocenters. The number of nitrogens with zero attached hydrogens (tertiary/aromatic N) is 3. The minimum Gasteiger partial charge on any atom is -0.545 e. The Hall–Kier alpha value is -2.84. The summed E-state index contributed by atoms with van der Waals surface area (Å²) in [6.07, 6.45) is 6.88. The van der Waals surface area contributed by atoms with Gasteiger partial charge in [0.1, 0.15) is 0 Å². The molecule has 2 aromatic heterocycles. The number of carboxylic acid groups (broad SMARTS) is 1. The number of aromatic nitrogens is 2. The van der Waals surface area contributed by atoms with Crippen molar-refractivity contribution in [1.82, 2.24) is 14.3 Å². The third-order valence-electron chi connectivity index (χ3n) is 5.16. The second kappa shape index (κ2) is 7.88. The van der Waals surface area contributed by atoms with E-state index in [0.29, 0.717) is 29.9 Å². The molecule has 1 aromatic carbocycles. The van der Waals surface area contributed by atoms with E-state index in [1.165, 1.54) is 22.5 Å². The summed E-state index contributed by atoms with van der Waals surface area (Å²) >= 11 is 0. The minimum atomic E-state index is -3.70. The van der Waals surface area contributed by atoms with Gasteiger partial charge in [0.25, 0.3) is 0 Å². The molecule has 0 amide bonds. The second-order valence-electron chi connectivity index (χ2n) is 7.08. The van der Waals surface area contributed by atoms with Crippen LogP contribution in [-0.2, 0) is 10.0 Å². The lowest BCUT2D eigenvalue weighted by molar-refractivity contribution is -0.254. The Bertz CT molecular complexity index is 1160. The van der Waals surface area contributed by atoms with Crippen molar-refractivity contribution in [3.63, 3.8) is 0 Å². The highest BCUT2D eigenvalue weighted by Gasteiger charge is 2.25. The molecule has 1 fully saturated rings. The zero-order chi connectivity index (χ0) is 20.4. The quantitative estimate of drug-likeness (QED) is 0.653. The molecule has 8 heteroatoms. The van der Waals surface area contributed by atoms with Crippen LogP contribution < -0.4 is 5.11 Å². The summed E-state index contributed by atoms with van der Waals surface area (Å²) < 4.78 is 27.7. The molecule has 0 atom stereocenters. The number of sulfonamides is 1. The topological polar surface area (TPSA) is 103 Å². The highest BCUT2D eigenvalue weighted by atomic mass is 32.2. The Morgan fingerprint density at radius 1 is 1.03 bits per heavy atom. The average molecular weight is 410 g/mol. The molecule has 0 radical (unpaired) electrons. The van der Waals surface area contributed by atoms with Crippen molar-refractivity contribution >= 4 is 26.9 Å². The molecule has 150 valence electrons. The SMILES string of the molecule is O=C([O-])c1cc(-c2cccnc2)nc2ccc(S(=O)(=O)N3CCCCCC3)cc12. The maximum atomic E-state index is 13.1. The van der Waals surface area contributed by atoms with Gasteiger partial charge in [0.15, 0.2) is 0 Å². The number of carbonyl (C=O) groups excluding carboxylic acids is 1. The number of hydrogen-bond acceptors (Lipinski definition) is 6. The first kappa shape index (κ1) is 19.5. The predicted octanol–water partition coefficient (Wildman–Crippen LogP) is 2.22. The van der Waals surface area contributed by atoms with Crippen molar-refractivity contribution in [2.75, 3.05) is 13.1 Å². The summed E-state index contributed by atoms with van der Waals surface area (Å²) in [7, 11) is -3.70. The van der Waals surface area contributed by atoms with Gasteiger partial charge in [-0.15, -0.1) is 0 Å². The number of fused-ring (bicyclic) bond motifs is 1. The van der Waals surface area contributed by atoms with Gasteiger partial charge in [-0.2, -0.15) is 4.31 Å².